The second-order valence-electron chi connectivity index (χ2n) is 4.21. The number of benzene rings is 1. The molecule has 104 valence electrons. The maximum Gasteiger partial charge on any atom is 0.340 e. The molecule has 1 N–H and O–H groups in total. The average Bonchev–Trinajstić information content (AvgIpc) is 2.39. The van der Waals surface area contributed by atoms with Crippen molar-refractivity contribution in [3.63, 3.8) is 0 Å². The fourth-order valence-corrected chi connectivity index (χ4v) is 1.63. The van der Waals surface area contributed by atoms with Crippen molar-refractivity contribution in [2.75, 3.05) is 18.6 Å². The van der Waals surface area contributed by atoms with Crippen LogP contribution in [0.25, 0.3) is 0 Å². The Bertz CT molecular complexity index is 419. The number of carboxylic acid groups (broad SMARTS) is 1. The van der Waals surface area contributed by atoms with Crippen LogP contribution in [0.3, 0.4) is 0 Å². The summed E-state index contributed by atoms with van der Waals surface area (Å²) in [7, 11) is 1.56. The Morgan fingerprint density at radius 2 is 1.95 bits per heavy atom. The lowest BCUT2D eigenvalue weighted by Crippen LogP contribution is -2.46. The Morgan fingerprint density at radius 3 is 2.47 bits per heavy atom. The topological polar surface area (TPSA) is 66.8 Å². The van der Waals surface area contributed by atoms with E-state index in [2.05, 4.69) is 0 Å². The summed E-state index contributed by atoms with van der Waals surface area (Å²) in [5.74, 6) is -1.94. The van der Waals surface area contributed by atoms with Crippen LogP contribution in [0.1, 0.15) is 19.8 Å². The van der Waals surface area contributed by atoms with Gasteiger partial charge in [0.15, 0.2) is 0 Å². The largest absolute Gasteiger partial charge is 0.479 e. The fraction of sp³-hybridized carbons (Fsp3) is 0.429. The summed E-state index contributed by atoms with van der Waals surface area (Å²) < 4.78 is 4.99. The van der Waals surface area contributed by atoms with E-state index < -0.39 is 18.0 Å². The van der Waals surface area contributed by atoms with Gasteiger partial charge in [-0.05, 0) is 18.6 Å². The number of aliphatic carboxylic acids is 1. The number of carbonyl (C=O) groups excluding carboxylic acids is 1. The molecule has 0 aliphatic carbocycles. The molecule has 1 aromatic rings. The summed E-state index contributed by atoms with van der Waals surface area (Å²) in [6.07, 6.45) is 1.62. The highest BCUT2D eigenvalue weighted by molar-refractivity contribution is 6.01. The molecule has 0 aromatic heterocycles. The molecule has 5 heteroatoms. The predicted octanol–water partition coefficient (Wildman–Crippen LogP) is 1.92. The van der Waals surface area contributed by atoms with Crippen molar-refractivity contribution >= 4 is 17.6 Å². The van der Waals surface area contributed by atoms with Gasteiger partial charge in [0.1, 0.15) is 0 Å². The van der Waals surface area contributed by atoms with E-state index in [4.69, 9.17) is 4.74 Å². The second-order valence-corrected chi connectivity index (χ2v) is 4.21. The summed E-state index contributed by atoms with van der Waals surface area (Å²) in [5, 5.41) is 9.19. The predicted molar refractivity (Wildman–Crippen MR) is 72.1 cm³/mol. The molecule has 1 aromatic carbocycles. The number of esters is 1. The Labute approximate surface area is 112 Å². The van der Waals surface area contributed by atoms with E-state index in [-0.39, 0.29) is 6.61 Å². The van der Waals surface area contributed by atoms with Crippen molar-refractivity contribution in [1.82, 2.24) is 0 Å². The van der Waals surface area contributed by atoms with E-state index in [0.29, 0.717) is 5.69 Å². The normalized spacial score (nSPS) is 11.7. The van der Waals surface area contributed by atoms with E-state index in [9.17, 15) is 14.7 Å². The Hall–Kier alpha value is -2.04. The zero-order chi connectivity index (χ0) is 14.3. The molecule has 0 spiro atoms. The van der Waals surface area contributed by atoms with Crippen molar-refractivity contribution in [3.05, 3.63) is 30.3 Å². The minimum atomic E-state index is -1.32. The third-order valence-electron chi connectivity index (χ3n) is 2.75. The van der Waals surface area contributed by atoms with Crippen LogP contribution in [-0.4, -0.2) is 36.7 Å². The molecule has 1 unspecified atom stereocenters. The van der Waals surface area contributed by atoms with Crippen molar-refractivity contribution in [3.8, 4) is 0 Å². The van der Waals surface area contributed by atoms with Gasteiger partial charge in [-0.25, -0.2) is 9.59 Å². The molecule has 1 rings (SSSR count). The summed E-state index contributed by atoms with van der Waals surface area (Å²) in [6.45, 7) is 2.22. The second kappa shape index (κ2) is 7.41. The molecular weight excluding hydrogens is 246 g/mol. The number of carboxylic acids is 1. The zero-order valence-electron chi connectivity index (χ0n) is 11.2. The van der Waals surface area contributed by atoms with Crippen LogP contribution in [-0.2, 0) is 14.3 Å². The summed E-state index contributed by atoms with van der Waals surface area (Å²) in [6, 6.07) is 7.57. The van der Waals surface area contributed by atoms with Crippen molar-refractivity contribution in [2.24, 2.45) is 0 Å². The maximum absolute atomic E-state index is 11.8. The highest BCUT2D eigenvalue weighted by Gasteiger charge is 2.32. The number of unbranched alkanes of at least 4 members (excludes halogenated alkanes) is 1. The highest BCUT2D eigenvalue weighted by Crippen LogP contribution is 2.15. The molecular formula is C14H19NO4. The Balaban J connectivity index is 2.77. The van der Waals surface area contributed by atoms with Crippen LogP contribution in [0.4, 0.5) is 5.69 Å². The number of ether oxygens (including phenoxy) is 1. The third-order valence-corrected chi connectivity index (χ3v) is 2.75. The summed E-state index contributed by atoms with van der Waals surface area (Å²) in [4.78, 5) is 24.5. The minimum Gasteiger partial charge on any atom is -0.479 e. The van der Waals surface area contributed by atoms with Crippen LogP contribution in [0, 0.1) is 0 Å². The molecule has 0 aliphatic rings. The SMILES string of the molecule is CCCCOC(=O)C(C(=O)O)N(C)c1ccccc1. The van der Waals surface area contributed by atoms with E-state index >= 15 is 0 Å². The number of hydrogen-bond acceptors (Lipinski definition) is 4. The first-order chi connectivity index (χ1) is 9.07. The van der Waals surface area contributed by atoms with Gasteiger partial charge in [-0.2, -0.15) is 0 Å². The van der Waals surface area contributed by atoms with Crippen LogP contribution >= 0.6 is 0 Å². The molecule has 0 saturated heterocycles. The van der Waals surface area contributed by atoms with Crippen molar-refractivity contribution in [1.29, 1.82) is 0 Å². The Kier molecular flexibility index (Phi) is 5.85. The van der Waals surface area contributed by atoms with E-state index in [1.807, 2.05) is 13.0 Å². The molecule has 0 radical (unpaired) electrons. The lowest BCUT2D eigenvalue weighted by atomic mass is 10.2. The molecule has 5 nitrogen and oxygen atoms in total. The maximum atomic E-state index is 11.8. The van der Waals surface area contributed by atoms with Crippen LogP contribution in [0.2, 0.25) is 0 Å². The smallest absolute Gasteiger partial charge is 0.340 e. The molecule has 1 atom stereocenters. The number of rotatable bonds is 7. The quantitative estimate of drug-likeness (QED) is 0.463. The summed E-state index contributed by atoms with van der Waals surface area (Å²) in [5.41, 5.74) is 0.655. The van der Waals surface area contributed by atoms with E-state index in [1.165, 1.54) is 4.90 Å². The van der Waals surface area contributed by atoms with Gasteiger partial charge < -0.3 is 14.7 Å². The van der Waals surface area contributed by atoms with Gasteiger partial charge in [0, 0.05) is 12.7 Å². The molecule has 0 amide bonds. The van der Waals surface area contributed by atoms with Gasteiger partial charge in [-0.15, -0.1) is 0 Å². The van der Waals surface area contributed by atoms with E-state index in [0.717, 1.165) is 12.8 Å². The van der Waals surface area contributed by atoms with Gasteiger partial charge in [-0.3, -0.25) is 0 Å². The molecule has 0 bridgehead atoms. The van der Waals surface area contributed by atoms with Crippen molar-refractivity contribution < 1.29 is 19.4 Å². The van der Waals surface area contributed by atoms with Gasteiger partial charge in [0.2, 0.25) is 6.04 Å². The molecule has 19 heavy (non-hydrogen) atoms. The van der Waals surface area contributed by atoms with Crippen LogP contribution < -0.4 is 4.90 Å². The molecule has 0 aliphatic heterocycles. The molecule has 0 heterocycles. The Morgan fingerprint density at radius 1 is 1.32 bits per heavy atom. The number of para-hydroxylation sites is 1. The molecule has 0 saturated carbocycles. The van der Waals surface area contributed by atoms with Gasteiger partial charge in [0.25, 0.3) is 0 Å². The van der Waals surface area contributed by atoms with Crippen molar-refractivity contribution in [2.45, 2.75) is 25.8 Å². The van der Waals surface area contributed by atoms with Crippen LogP contribution in [0.15, 0.2) is 30.3 Å². The number of carbonyl (C=O) groups is 2. The summed E-state index contributed by atoms with van der Waals surface area (Å²) >= 11 is 0. The lowest BCUT2D eigenvalue weighted by molar-refractivity contribution is -0.153. The number of likely N-dealkylation sites (N-methyl/N-ethyl adjacent to an activating group) is 1. The molecule has 0 fully saturated rings. The number of nitrogens with zero attached hydrogens (tertiary/aromatic N) is 1. The third kappa shape index (κ3) is 4.28. The van der Waals surface area contributed by atoms with Gasteiger partial charge in [0.05, 0.1) is 6.61 Å². The first-order valence-corrected chi connectivity index (χ1v) is 6.25. The number of hydrogen-bond donors (Lipinski definition) is 1. The van der Waals surface area contributed by atoms with Gasteiger partial charge in [-0.1, -0.05) is 31.5 Å². The van der Waals surface area contributed by atoms with E-state index in [1.54, 1.807) is 31.3 Å². The monoisotopic (exact) mass is 265 g/mol. The van der Waals surface area contributed by atoms with Gasteiger partial charge >= 0.3 is 11.9 Å². The first-order valence-electron chi connectivity index (χ1n) is 6.25. The zero-order valence-corrected chi connectivity index (χ0v) is 11.2. The fourth-order valence-electron chi connectivity index (χ4n) is 1.63. The van der Waals surface area contributed by atoms with Crippen LogP contribution in [0.5, 0.6) is 0 Å². The standard InChI is InChI=1S/C14H19NO4/c1-3-4-10-19-14(18)12(13(16)17)15(2)11-8-6-5-7-9-11/h5-9,12H,3-4,10H2,1-2H3,(H,16,17). The first kappa shape index (κ1) is 15.0. The number of anilines is 1. The lowest BCUT2D eigenvalue weighted by Gasteiger charge is -2.25. The highest BCUT2D eigenvalue weighted by atomic mass is 16.5. The minimum absolute atomic E-state index is 0.252. The average molecular weight is 265 g/mol.